The summed E-state index contributed by atoms with van der Waals surface area (Å²) in [7, 11) is 0. The van der Waals surface area contributed by atoms with Crippen LogP contribution in [0.15, 0.2) is 23.2 Å². The molecular weight excluding hydrogens is 172 g/mol. The van der Waals surface area contributed by atoms with Gasteiger partial charge in [-0.05, 0) is 37.1 Å². The van der Waals surface area contributed by atoms with Crippen LogP contribution in [0.5, 0.6) is 0 Å². The Balaban J connectivity index is 2.62. The molecule has 2 nitrogen and oxygen atoms in total. The summed E-state index contributed by atoms with van der Waals surface area (Å²) in [5.74, 6) is 0. The first-order valence-electron chi connectivity index (χ1n) is 4.97. The van der Waals surface area contributed by atoms with Crippen molar-refractivity contribution in [1.29, 1.82) is 0 Å². The zero-order valence-corrected chi connectivity index (χ0v) is 8.83. The van der Waals surface area contributed by atoms with Crippen LogP contribution in [0, 0.1) is 0 Å². The molecule has 1 aliphatic heterocycles. The van der Waals surface area contributed by atoms with Gasteiger partial charge in [0.15, 0.2) is 0 Å². The Morgan fingerprint density at radius 3 is 2.79 bits per heavy atom. The molecule has 1 unspecified atom stereocenters. The Labute approximate surface area is 84.9 Å². The molecule has 0 spiro atoms. The van der Waals surface area contributed by atoms with Crippen LogP contribution in [0.25, 0.3) is 0 Å². The molecule has 72 valence electrons. The molecule has 1 aromatic carbocycles. The van der Waals surface area contributed by atoms with Crippen LogP contribution in [0.3, 0.4) is 0 Å². The van der Waals surface area contributed by atoms with Gasteiger partial charge in [-0.25, -0.2) is 0 Å². The molecule has 2 radical (unpaired) electrons. The van der Waals surface area contributed by atoms with Crippen LogP contribution in [0.4, 0.5) is 11.4 Å². The number of rotatable bonds is 1. The minimum Gasteiger partial charge on any atom is -0.257 e. The van der Waals surface area contributed by atoms with Crippen molar-refractivity contribution >= 4 is 17.1 Å². The van der Waals surface area contributed by atoms with Crippen LogP contribution in [0.1, 0.15) is 32.8 Å². The van der Waals surface area contributed by atoms with E-state index in [1.54, 1.807) is 6.07 Å². The molecule has 1 aromatic rings. The standard InChI is InChI=1S/C12H14N2/c1-4-12(3)8(2)14-11-6-5-9(13)7-10(11)12/h5-7H,4H2,1-3H3. The largest absolute Gasteiger partial charge is 0.257 e. The van der Waals surface area contributed by atoms with Crippen LogP contribution in [0.2, 0.25) is 0 Å². The third-order valence-electron chi connectivity index (χ3n) is 3.37. The summed E-state index contributed by atoms with van der Waals surface area (Å²) in [5, 5.41) is 0. The van der Waals surface area contributed by atoms with Crippen LogP contribution >= 0.6 is 0 Å². The van der Waals surface area contributed by atoms with Gasteiger partial charge in [0.1, 0.15) is 0 Å². The molecule has 0 saturated carbocycles. The number of hydrogen-bond acceptors (Lipinski definition) is 1. The van der Waals surface area contributed by atoms with Crippen LogP contribution in [-0.2, 0) is 5.41 Å². The van der Waals surface area contributed by atoms with E-state index >= 15 is 0 Å². The molecule has 2 rings (SSSR count). The monoisotopic (exact) mass is 186 g/mol. The molecule has 1 atom stereocenters. The van der Waals surface area contributed by atoms with Gasteiger partial charge in [0.05, 0.1) is 11.4 Å². The lowest BCUT2D eigenvalue weighted by Gasteiger charge is -2.24. The van der Waals surface area contributed by atoms with Crippen LogP contribution < -0.4 is 5.73 Å². The fourth-order valence-corrected chi connectivity index (χ4v) is 2.01. The molecule has 0 N–H and O–H groups in total. The zero-order valence-electron chi connectivity index (χ0n) is 8.83. The molecule has 1 aliphatic rings. The van der Waals surface area contributed by atoms with E-state index < -0.39 is 0 Å². The first-order chi connectivity index (χ1) is 6.58. The fourth-order valence-electron chi connectivity index (χ4n) is 2.01. The number of nitrogens with zero attached hydrogens (tertiary/aromatic N) is 2. The third kappa shape index (κ3) is 1.07. The second-order valence-electron chi connectivity index (χ2n) is 4.08. The Kier molecular flexibility index (Phi) is 1.88. The zero-order chi connectivity index (χ0) is 10.3. The van der Waals surface area contributed by atoms with E-state index in [0.717, 1.165) is 23.4 Å². The van der Waals surface area contributed by atoms with Crippen molar-refractivity contribution in [3.63, 3.8) is 0 Å². The summed E-state index contributed by atoms with van der Waals surface area (Å²) in [4.78, 5) is 4.52. The van der Waals surface area contributed by atoms with Crippen molar-refractivity contribution in [3.8, 4) is 0 Å². The number of fused-ring (bicyclic) bond motifs is 1. The highest BCUT2D eigenvalue weighted by atomic mass is 14.8. The smallest absolute Gasteiger partial charge is 0.0861 e. The summed E-state index contributed by atoms with van der Waals surface area (Å²) in [6, 6.07) is 5.41. The Hall–Kier alpha value is -1.31. The molecule has 0 saturated heterocycles. The summed E-state index contributed by atoms with van der Waals surface area (Å²) in [6.07, 6.45) is 1.01. The predicted octanol–water partition coefficient (Wildman–Crippen LogP) is 3.16. The van der Waals surface area contributed by atoms with Crippen molar-refractivity contribution in [1.82, 2.24) is 5.73 Å². The maximum Gasteiger partial charge on any atom is 0.0861 e. The lowest BCUT2D eigenvalue weighted by atomic mass is 9.78. The van der Waals surface area contributed by atoms with Gasteiger partial charge in [0, 0.05) is 11.1 Å². The average Bonchev–Trinajstić information content (AvgIpc) is 2.41. The lowest BCUT2D eigenvalue weighted by molar-refractivity contribution is 0.624. The fraction of sp³-hybridized carbons (Fsp3) is 0.417. The number of hydrogen-bond donors (Lipinski definition) is 0. The summed E-state index contributed by atoms with van der Waals surface area (Å²) in [5.41, 5.74) is 13.1. The summed E-state index contributed by atoms with van der Waals surface area (Å²) in [6.45, 7) is 6.38. The molecular formula is C12H14N2. The van der Waals surface area contributed by atoms with Gasteiger partial charge < -0.3 is 0 Å². The molecule has 0 aliphatic carbocycles. The quantitative estimate of drug-likeness (QED) is 0.645. The molecule has 14 heavy (non-hydrogen) atoms. The highest BCUT2D eigenvalue weighted by molar-refractivity contribution is 6.00. The SMILES string of the molecule is CCC1(C)C(C)=Nc2ccc([N])cc21. The molecule has 0 bridgehead atoms. The van der Waals surface area contributed by atoms with E-state index in [4.69, 9.17) is 0 Å². The Morgan fingerprint density at radius 2 is 2.14 bits per heavy atom. The number of benzene rings is 1. The number of aliphatic imine (C=N–C) groups is 1. The predicted molar refractivity (Wildman–Crippen MR) is 58.6 cm³/mol. The molecule has 0 amide bonds. The van der Waals surface area contributed by atoms with Gasteiger partial charge in [0.2, 0.25) is 0 Å². The minimum absolute atomic E-state index is 0.00801. The van der Waals surface area contributed by atoms with Gasteiger partial charge in [-0.1, -0.05) is 13.8 Å². The minimum atomic E-state index is 0.00801. The van der Waals surface area contributed by atoms with E-state index in [0.29, 0.717) is 5.69 Å². The molecule has 0 aromatic heterocycles. The van der Waals surface area contributed by atoms with E-state index in [2.05, 4.69) is 25.8 Å². The summed E-state index contributed by atoms with van der Waals surface area (Å²) >= 11 is 0. The van der Waals surface area contributed by atoms with Gasteiger partial charge in [0.25, 0.3) is 0 Å². The van der Waals surface area contributed by atoms with Gasteiger partial charge in [-0.3, -0.25) is 4.99 Å². The second-order valence-corrected chi connectivity index (χ2v) is 4.08. The van der Waals surface area contributed by atoms with Crippen molar-refractivity contribution in [2.45, 2.75) is 32.6 Å². The second kappa shape index (κ2) is 2.84. The Bertz CT molecular complexity index is 407. The van der Waals surface area contributed by atoms with Crippen LogP contribution in [-0.4, -0.2) is 5.71 Å². The maximum absolute atomic E-state index is 9.46. The van der Waals surface area contributed by atoms with Crippen molar-refractivity contribution in [2.24, 2.45) is 4.99 Å². The maximum atomic E-state index is 9.46. The Morgan fingerprint density at radius 1 is 1.43 bits per heavy atom. The van der Waals surface area contributed by atoms with E-state index in [1.807, 2.05) is 12.1 Å². The van der Waals surface area contributed by atoms with Crippen molar-refractivity contribution in [3.05, 3.63) is 23.8 Å². The first kappa shape index (κ1) is 9.25. The van der Waals surface area contributed by atoms with E-state index in [-0.39, 0.29) is 5.41 Å². The molecule has 2 heteroatoms. The summed E-state index contributed by atoms with van der Waals surface area (Å²) < 4.78 is 0. The van der Waals surface area contributed by atoms with E-state index in [9.17, 15) is 5.73 Å². The first-order valence-corrected chi connectivity index (χ1v) is 4.97. The molecule has 1 heterocycles. The van der Waals surface area contributed by atoms with Gasteiger partial charge in [-0.2, -0.15) is 5.73 Å². The van der Waals surface area contributed by atoms with E-state index in [1.165, 1.54) is 0 Å². The highest BCUT2D eigenvalue weighted by Crippen LogP contribution is 2.43. The normalized spacial score (nSPS) is 24.6. The average molecular weight is 186 g/mol. The van der Waals surface area contributed by atoms with Gasteiger partial charge in [-0.15, -0.1) is 0 Å². The van der Waals surface area contributed by atoms with Crippen molar-refractivity contribution in [2.75, 3.05) is 0 Å². The highest BCUT2D eigenvalue weighted by Gasteiger charge is 2.35. The van der Waals surface area contributed by atoms with Crippen molar-refractivity contribution < 1.29 is 0 Å². The topological polar surface area (TPSA) is 34.7 Å². The molecule has 0 fully saturated rings. The lowest BCUT2D eigenvalue weighted by Crippen LogP contribution is -2.26. The van der Waals surface area contributed by atoms with Gasteiger partial charge >= 0.3 is 0 Å². The third-order valence-corrected chi connectivity index (χ3v) is 3.37.